The van der Waals surface area contributed by atoms with Gasteiger partial charge in [0.1, 0.15) is 5.75 Å². The highest BCUT2D eigenvalue weighted by atomic mass is 32.1. The molecule has 0 saturated heterocycles. The number of hydrogen-bond donors (Lipinski definition) is 1. The summed E-state index contributed by atoms with van der Waals surface area (Å²) in [6.07, 6.45) is 3.64. The SMILES string of the molecule is COc1cccc(C2CC(NCCc3ccsc3)C2)c1. The van der Waals surface area contributed by atoms with E-state index in [-0.39, 0.29) is 0 Å². The van der Waals surface area contributed by atoms with E-state index in [0.717, 1.165) is 18.7 Å². The van der Waals surface area contributed by atoms with Crippen LogP contribution in [-0.2, 0) is 6.42 Å². The molecular formula is C17H21NOS. The van der Waals surface area contributed by atoms with Crippen molar-refractivity contribution >= 4 is 11.3 Å². The van der Waals surface area contributed by atoms with E-state index in [0.29, 0.717) is 12.0 Å². The van der Waals surface area contributed by atoms with Gasteiger partial charge in [-0.05, 0) is 71.8 Å². The van der Waals surface area contributed by atoms with Crippen molar-refractivity contribution in [1.82, 2.24) is 5.32 Å². The van der Waals surface area contributed by atoms with Crippen LogP contribution in [0.2, 0.25) is 0 Å². The second kappa shape index (κ2) is 6.42. The summed E-state index contributed by atoms with van der Waals surface area (Å²) in [4.78, 5) is 0. The van der Waals surface area contributed by atoms with Gasteiger partial charge < -0.3 is 10.1 Å². The number of ether oxygens (including phenoxy) is 1. The number of benzene rings is 1. The molecule has 0 aliphatic heterocycles. The lowest BCUT2D eigenvalue weighted by atomic mass is 9.76. The highest BCUT2D eigenvalue weighted by molar-refractivity contribution is 7.07. The van der Waals surface area contributed by atoms with Crippen molar-refractivity contribution < 1.29 is 4.74 Å². The summed E-state index contributed by atoms with van der Waals surface area (Å²) in [5, 5.41) is 8.05. The molecule has 1 aromatic carbocycles. The third-order valence-corrected chi connectivity index (χ3v) is 4.86. The Labute approximate surface area is 124 Å². The van der Waals surface area contributed by atoms with Gasteiger partial charge in [0.05, 0.1) is 7.11 Å². The molecule has 2 nitrogen and oxygen atoms in total. The van der Waals surface area contributed by atoms with Crippen molar-refractivity contribution in [3.05, 3.63) is 52.2 Å². The molecular weight excluding hydrogens is 266 g/mol. The van der Waals surface area contributed by atoms with Gasteiger partial charge in [-0.2, -0.15) is 11.3 Å². The van der Waals surface area contributed by atoms with E-state index in [1.54, 1.807) is 18.4 Å². The van der Waals surface area contributed by atoms with E-state index in [4.69, 9.17) is 4.74 Å². The van der Waals surface area contributed by atoms with Crippen LogP contribution in [0.25, 0.3) is 0 Å². The maximum Gasteiger partial charge on any atom is 0.119 e. The van der Waals surface area contributed by atoms with Crippen LogP contribution in [0.4, 0.5) is 0 Å². The van der Waals surface area contributed by atoms with Crippen LogP contribution < -0.4 is 10.1 Å². The molecule has 1 aliphatic rings. The summed E-state index contributed by atoms with van der Waals surface area (Å²) in [5.74, 6) is 1.67. The highest BCUT2D eigenvalue weighted by Gasteiger charge is 2.29. The lowest BCUT2D eigenvalue weighted by Gasteiger charge is -2.36. The first kappa shape index (κ1) is 13.7. The molecule has 0 spiro atoms. The second-order valence-electron chi connectivity index (χ2n) is 5.48. The Hall–Kier alpha value is -1.32. The molecule has 3 rings (SSSR count). The Morgan fingerprint density at radius 1 is 1.30 bits per heavy atom. The molecule has 106 valence electrons. The minimum Gasteiger partial charge on any atom is -0.497 e. The summed E-state index contributed by atoms with van der Waals surface area (Å²) in [6.45, 7) is 1.09. The van der Waals surface area contributed by atoms with E-state index in [2.05, 4.69) is 40.3 Å². The maximum atomic E-state index is 5.29. The van der Waals surface area contributed by atoms with Crippen molar-refractivity contribution in [2.24, 2.45) is 0 Å². The van der Waals surface area contributed by atoms with E-state index >= 15 is 0 Å². The molecule has 1 N–H and O–H groups in total. The topological polar surface area (TPSA) is 21.3 Å². The third-order valence-electron chi connectivity index (χ3n) is 4.13. The Morgan fingerprint density at radius 3 is 2.95 bits per heavy atom. The second-order valence-corrected chi connectivity index (χ2v) is 6.26. The van der Waals surface area contributed by atoms with Crippen LogP contribution in [0.1, 0.15) is 29.9 Å². The van der Waals surface area contributed by atoms with Gasteiger partial charge in [0.2, 0.25) is 0 Å². The Bertz CT molecular complexity index is 532. The van der Waals surface area contributed by atoms with Crippen LogP contribution >= 0.6 is 11.3 Å². The van der Waals surface area contributed by atoms with Crippen molar-refractivity contribution in [2.45, 2.75) is 31.2 Å². The van der Waals surface area contributed by atoms with E-state index in [1.165, 1.54) is 24.0 Å². The molecule has 2 aromatic rings. The smallest absolute Gasteiger partial charge is 0.119 e. The molecule has 0 radical (unpaired) electrons. The lowest BCUT2D eigenvalue weighted by molar-refractivity contribution is 0.292. The fourth-order valence-electron chi connectivity index (χ4n) is 2.81. The normalized spacial score (nSPS) is 21.4. The number of hydrogen-bond acceptors (Lipinski definition) is 3. The fraction of sp³-hybridized carbons (Fsp3) is 0.412. The molecule has 0 unspecified atom stereocenters. The number of thiophene rings is 1. The summed E-state index contributed by atoms with van der Waals surface area (Å²) in [6, 6.07) is 11.4. The molecule has 0 bridgehead atoms. The molecule has 1 fully saturated rings. The van der Waals surface area contributed by atoms with Gasteiger partial charge in [-0.3, -0.25) is 0 Å². The Kier molecular flexibility index (Phi) is 4.38. The summed E-state index contributed by atoms with van der Waals surface area (Å²) in [5.41, 5.74) is 2.87. The molecule has 1 aromatic heterocycles. The lowest BCUT2D eigenvalue weighted by Crippen LogP contribution is -2.40. The Balaban J connectivity index is 1.42. The molecule has 1 saturated carbocycles. The number of rotatable bonds is 6. The van der Waals surface area contributed by atoms with E-state index < -0.39 is 0 Å². The maximum absolute atomic E-state index is 5.29. The van der Waals surface area contributed by atoms with Crippen LogP contribution in [0.15, 0.2) is 41.1 Å². The highest BCUT2D eigenvalue weighted by Crippen LogP contribution is 2.37. The van der Waals surface area contributed by atoms with Gasteiger partial charge in [0.25, 0.3) is 0 Å². The third kappa shape index (κ3) is 3.22. The van der Waals surface area contributed by atoms with Gasteiger partial charge in [-0.15, -0.1) is 0 Å². The Morgan fingerprint density at radius 2 is 2.20 bits per heavy atom. The van der Waals surface area contributed by atoms with Crippen molar-refractivity contribution in [3.8, 4) is 5.75 Å². The first-order valence-electron chi connectivity index (χ1n) is 7.23. The van der Waals surface area contributed by atoms with Crippen LogP contribution in [0.5, 0.6) is 5.75 Å². The predicted molar refractivity (Wildman–Crippen MR) is 84.8 cm³/mol. The van der Waals surface area contributed by atoms with Crippen molar-refractivity contribution in [2.75, 3.05) is 13.7 Å². The molecule has 1 aliphatic carbocycles. The van der Waals surface area contributed by atoms with Crippen LogP contribution in [0.3, 0.4) is 0 Å². The average molecular weight is 287 g/mol. The fourth-order valence-corrected chi connectivity index (χ4v) is 3.51. The monoisotopic (exact) mass is 287 g/mol. The minimum absolute atomic E-state index is 0.685. The van der Waals surface area contributed by atoms with Gasteiger partial charge in [-0.25, -0.2) is 0 Å². The summed E-state index contributed by atoms with van der Waals surface area (Å²) >= 11 is 1.78. The molecule has 20 heavy (non-hydrogen) atoms. The van der Waals surface area contributed by atoms with Crippen molar-refractivity contribution in [3.63, 3.8) is 0 Å². The zero-order valence-corrected chi connectivity index (χ0v) is 12.7. The van der Waals surface area contributed by atoms with Gasteiger partial charge >= 0.3 is 0 Å². The molecule has 0 atom stereocenters. The number of nitrogens with one attached hydrogen (secondary N) is 1. The first-order chi connectivity index (χ1) is 9.85. The van der Waals surface area contributed by atoms with Crippen molar-refractivity contribution in [1.29, 1.82) is 0 Å². The van der Waals surface area contributed by atoms with Gasteiger partial charge in [-0.1, -0.05) is 12.1 Å². The van der Waals surface area contributed by atoms with E-state index in [1.807, 2.05) is 6.07 Å². The zero-order valence-electron chi connectivity index (χ0n) is 11.8. The summed E-state index contributed by atoms with van der Waals surface area (Å²) < 4.78 is 5.29. The first-order valence-corrected chi connectivity index (χ1v) is 8.18. The predicted octanol–water partition coefficient (Wildman–Crippen LogP) is 3.84. The average Bonchev–Trinajstić information content (AvgIpc) is 2.94. The van der Waals surface area contributed by atoms with Crippen LogP contribution in [-0.4, -0.2) is 19.7 Å². The van der Waals surface area contributed by atoms with Gasteiger partial charge in [0.15, 0.2) is 0 Å². The standard InChI is InChI=1S/C17H21NOS/c1-19-17-4-2-3-14(11-17)15-9-16(10-15)18-7-5-13-6-8-20-12-13/h2-4,6,8,11-12,15-16,18H,5,7,9-10H2,1H3. The van der Waals surface area contributed by atoms with Gasteiger partial charge in [0, 0.05) is 6.04 Å². The molecule has 0 amide bonds. The summed E-state index contributed by atoms with van der Waals surface area (Å²) in [7, 11) is 1.73. The zero-order chi connectivity index (χ0) is 13.8. The molecule has 3 heteroatoms. The number of methoxy groups -OCH3 is 1. The quantitative estimate of drug-likeness (QED) is 0.871. The largest absolute Gasteiger partial charge is 0.497 e. The van der Waals surface area contributed by atoms with E-state index in [9.17, 15) is 0 Å². The minimum atomic E-state index is 0.685. The molecule has 1 heterocycles. The van der Waals surface area contributed by atoms with Crippen LogP contribution in [0, 0.1) is 0 Å².